The van der Waals surface area contributed by atoms with Crippen molar-refractivity contribution in [2.24, 2.45) is 0 Å². The minimum Gasteiger partial charge on any atom is -0.378 e. The van der Waals surface area contributed by atoms with Crippen LogP contribution >= 0.6 is 0 Å². The molecule has 1 saturated heterocycles. The van der Waals surface area contributed by atoms with Crippen LogP contribution in [0.15, 0.2) is 0 Å². The summed E-state index contributed by atoms with van der Waals surface area (Å²) in [6, 6.07) is -1.30. The highest BCUT2D eigenvalue weighted by atomic mass is 16.5. The summed E-state index contributed by atoms with van der Waals surface area (Å²) in [7, 11) is 0. The molecule has 0 bridgehead atoms. The van der Waals surface area contributed by atoms with E-state index in [4.69, 9.17) is 8.85 Å². The van der Waals surface area contributed by atoms with Gasteiger partial charge in [-0.05, 0) is 13.8 Å². The molecule has 2 heteroatoms. The lowest BCUT2D eigenvalue weighted by molar-refractivity contribution is 0.0560. The maximum absolute atomic E-state index is 7.55. The Morgan fingerprint density at radius 1 is 1.88 bits per heavy atom. The Morgan fingerprint density at radius 2 is 2.62 bits per heavy atom. The third-order valence-corrected chi connectivity index (χ3v) is 1.02. The van der Waals surface area contributed by atoms with Crippen LogP contribution in [-0.2, 0) is 4.74 Å². The molecule has 0 aromatic heterocycles. The summed E-state index contributed by atoms with van der Waals surface area (Å²) in [5.41, 5.74) is 0. The number of nitrogens with one attached hydrogen (secondary N) is 1. The molecule has 1 rings (SSSR count). The zero-order valence-electron chi connectivity index (χ0n) is 8.19. The summed E-state index contributed by atoms with van der Waals surface area (Å²) < 4.78 is 27.1. The van der Waals surface area contributed by atoms with Gasteiger partial charge in [-0.1, -0.05) is 0 Å². The largest absolute Gasteiger partial charge is 0.378 e. The molecular weight excluding hydrogens is 102 g/mol. The van der Waals surface area contributed by atoms with E-state index < -0.39 is 12.6 Å². The third kappa shape index (κ3) is 1.46. The van der Waals surface area contributed by atoms with Crippen molar-refractivity contribution in [3.05, 3.63) is 0 Å². The number of morpholine rings is 1. The molecule has 0 aromatic carbocycles. The van der Waals surface area contributed by atoms with Crippen LogP contribution in [0.5, 0.6) is 0 Å². The second-order valence-electron chi connectivity index (χ2n) is 2.08. The Labute approximate surface area is 54.4 Å². The van der Waals surface area contributed by atoms with E-state index in [1.165, 1.54) is 6.92 Å². The van der Waals surface area contributed by atoms with Crippen LogP contribution in [0.2, 0.25) is 0 Å². The van der Waals surface area contributed by atoms with Gasteiger partial charge in [-0.15, -0.1) is 0 Å². The minimum atomic E-state index is -1.89. The summed E-state index contributed by atoms with van der Waals surface area (Å²) in [6.45, 7) is 1.77. The smallest absolute Gasteiger partial charge is 0.0617 e. The summed E-state index contributed by atoms with van der Waals surface area (Å²) in [5.74, 6) is 0. The topological polar surface area (TPSA) is 21.3 Å². The monoisotopic (exact) mass is 118 g/mol. The zero-order valence-corrected chi connectivity index (χ0v) is 5.19. The van der Waals surface area contributed by atoms with Crippen LogP contribution in [0, 0.1) is 0 Å². The predicted molar refractivity (Wildman–Crippen MR) is 32.9 cm³/mol. The first-order valence-electron chi connectivity index (χ1n) is 4.27. The lowest BCUT2D eigenvalue weighted by atomic mass is 10.2. The summed E-state index contributed by atoms with van der Waals surface area (Å²) in [4.78, 5) is 0. The lowest BCUT2D eigenvalue weighted by Gasteiger charge is -2.25. The van der Waals surface area contributed by atoms with Crippen molar-refractivity contribution in [1.29, 1.82) is 0 Å². The second kappa shape index (κ2) is 2.46. The normalized spacial score (nSPS) is 60.8. The standard InChI is InChI=1S/C6H13NO/c1-5-3-8-4-6(2)7-5/h5-7H,3-4H2,1-2H3/i3D2,5D. The molecule has 0 spiro atoms. The number of hydrogen-bond acceptors (Lipinski definition) is 2. The van der Waals surface area contributed by atoms with Gasteiger partial charge in [-0.2, -0.15) is 0 Å². The van der Waals surface area contributed by atoms with E-state index in [1.807, 2.05) is 6.92 Å². The Balaban J connectivity index is 2.72. The molecule has 0 aliphatic carbocycles. The Bertz CT molecular complexity index is 160. The zero-order chi connectivity index (χ0) is 8.70. The number of ether oxygens (including phenoxy) is 1. The molecule has 1 aliphatic heterocycles. The quantitative estimate of drug-likeness (QED) is 0.496. The first-order valence-corrected chi connectivity index (χ1v) is 2.77. The van der Waals surface area contributed by atoms with Crippen molar-refractivity contribution in [3.8, 4) is 0 Å². The van der Waals surface area contributed by atoms with E-state index in [1.54, 1.807) is 0 Å². The van der Waals surface area contributed by atoms with Gasteiger partial charge in [0.05, 0.1) is 15.9 Å². The molecule has 1 aliphatic rings. The highest BCUT2D eigenvalue weighted by Crippen LogP contribution is 1.96. The van der Waals surface area contributed by atoms with Gasteiger partial charge in [0.2, 0.25) is 0 Å². The average Bonchev–Trinajstić information content (AvgIpc) is 1.80. The van der Waals surface area contributed by atoms with Gasteiger partial charge in [-0.25, -0.2) is 0 Å². The van der Waals surface area contributed by atoms with Crippen molar-refractivity contribution in [2.45, 2.75) is 25.9 Å². The molecule has 0 radical (unpaired) electrons. The first-order chi connectivity index (χ1) is 4.85. The average molecular weight is 118 g/mol. The second-order valence-corrected chi connectivity index (χ2v) is 2.08. The number of rotatable bonds is 0. The fourth-order valence-electron chi connectivity index (χ4n) is 0.716. The summed E-state index contributed by atoms with van der Waals surface area (Å²) >= 11 is 0. The van der Waals surface area contributed by atoms with Gasteiger partial charge in [0.1, 0.15) is 0 Å². The molecule has 2 unspecified atom stereocenters. The molecule has 48 valence electrons. The third-order valence-electron chi connectivity index (χ3n) is 1.02. The van der Waals surface area contributed by atoms with Gasteiger partial charge in [-0.3, -0.25) is 0 Å². The fourth-order valence-corrected chi connectivity index (χ4v) is 0.716. The maximum Gasteiger partial charge on any atom is 0.0617 e. The molecule has 0 saturated carbocycles. The van der Waals surface area contributed by atoms with Gasteiger partial charge in [0.15, 0.2) is 0 Å². The Hall–Kier alpha value is -0.0800. The summed E-state index contributed by atoms with van der Waals surface area (Å²) in [6.07, 6.45) is 0. The van der Waals surface area contributed by atoms with Crippen molar-refractivity contribution < 1.29 is 8.85 Å². The molecular formula is C6H13NO. The van der Waals surface area contributed by atoms with Crippen molar-refractivity contribution in [2.75, 3.05) is 13.2 Å². The van der Waals surface area contributed by atoms with Gasteiger partial charge < -0.3 is 10.1 Å². The van der Waals surface area contributed by atoms with Gasteiger partial charge in [0, 0.05) is 13.4 Å². The van der Waals surface area contributed by atoms with Crippen molar-refractivity contribution in [3.63, 3.8) is 0 Å². The van der Waals surface area contributed by atoms with Crippen LogP contribution in [0.4, 0.5) is 0 Å². The van der Waals surface area contributed by atoms with Crippen LogP contribution < -0.4 is 5.32 Å². The van der Waals surface area contributed by atoms with Gasteiger partial charge in [0.25, 0.3) is 0 Å². The number of hydrogen-bond donors (Lipinski definition) is 1. The van der Waals surface area contributed by atoms with Crippen molar-refractivity contribution >= 4 is 0 Å². The highest BCUT2D eigenvalue weighted by Gasteiger charge is 2.12. The van der Waals surface area contributed by atoms with E-state index in [0.717, 1.165) is 0 Å². The highest BCUT2D eigenvalue weighted by molar-refractivity contribution is 4.70. The summed E-state index contributed by atoms with van der Waals surface area (Å²) in [5, 5.41) is 2.81. The molecule has 2 atom stereocenters. The van der Waals surface area contributed by atoms with Crippen molar-refractivity contribution in [1.82, 2.24) is 5.32 Å². The SMILES string of the molecule is [2H]C1(C)NC(C)COC1([2H])[2H]. The molecule has 8 heavy (non-hydrogen) atoms. The maximum atomic E-state index is 7.55. The molecule has 2 nitrogen and oxygen atoms in total. The predicted octanol–water partition coefficient (Wildman–Crippen LogP) is 0.383. The first kappa shape index (κ1) is 3.18. The van der Waals surface area contributed by atoms with E-state index in [2.05, 4.69) is 5.32 Å². The van der Waals surface area contributed by atoms with E-state index >= 15 is 0 Å². The molecule has 0 aromatic rings. The Kier molecular flexibility index (Phi) is 0.980. The molecule has 1 N–H and O–H groups in total. The van der Waals surface area contributed by atoms with E-state index in [-0.39, 0.29) is 6.04 Å². The van der Waals surface area contributed by atoms with Crippen LogP contribution in [0.3, 0.4) is 0 Å². The van der Waals surface area contributed by atoms with Crippen LogP contribution in [-0.4, -0.2) is 25.2 Å². The fraction of sp³-hybridized carbons (Fsp3) is 1.00. The Morgan fingerprint density at radius 3 is 3.12 bits per heavy atom. The minimum absolute atomic E-state index is 0.0429. The van der Waals surface area contributed by atoms with Gasteiger partial charge >= 0.3 is 0 Å². The van der Waals surface area contributed by atoms with E-state index in [0.29, 0.717) is 6.61 Å². The van der Waals surface area contributed by atoms with Crippen LogP contribution in [0.1, 0.15) is 18.0 Å². The molecule has 1 fully saturated rings. The van der Waals surface area contributed by atoms with Crippen LogP contribution in [0.25, 0.3) is 0 Å². The molecule has 0 amide bonds. The lowest BCUT2D eigenvalue weighted by Crippen LogP contribution is -2.45. The van der Waals surface area contributed by atoms with E-state index in [9.17, 15) is 0 Å². The molecule has 1 heterocycles.